The van der Waals surface area contributed by atoms with E-state index in [1.807, 2.05) is 6.20 Å². The molecule has 1 atom stereocenters. The number of nitrogens with one attached hydrogen (secondary N) is 1. The van der Waals surface area contributed by atoms with Gasteiger partial charge in [-0.15, -0.1) is 0 Å². The Morgan fingerprint density at radius 1 is 1.21 bits per heavy atom. The first-order chi connectivity index (χ1) is 6.95. The zero-order valence-corrected chi connectivity index (χ0v) is 7.99. The fourth-order valence-corrected chi connectivity index (χ4v) is 2.30. The van der Waals surface area contributed by atoms with E-state index in [4.69, 9.17) is 4.84 Å². The van der Waals surface area contributed by atoms with E-state index < -0.39 is 0 Å². The van der Waals surface area contributed by atoms with E-state index >= 15 is 0 Å². The summed E-state index contributed by atoms with van der Waals surface area (Å²) in [6.07, 6.45) is 5.71. The minimum absolute atomic E-state index is 0.161. The third-order valence-corrected chi connectivity index (χ3v) is 3.02. The molecule has 0 radical (unpaired) electrons. The van der Waals surface area contributed by atoms with Crippen LogP contribution in [0.2, 0.25) is 0 Å². The maximum absolute atomic E-state index is 5.52. The van der Waals surface area contributed by atoms with Gasteiger partial charge in [0.05, 0.1) is 0 Å². The molecule has 2 heteroatoms. The number of hydrogen-bond donors (Lipinski definition) is 1. The molecular formula is C12H13NO. The average Bonchev–Trinajstić information content (AvgIpc) is 2.61. The Hall–Kier alpha value is -1.28. The summed E-state index contributed by atoms with van der Waals surface area (Å²) in [5.41, 5.74) is 7.02. The van der Waals surface area contributed by atoms with E-state index in [0.29, 0.717) is 0 Å². The van der Waals surface area contributed by atoms with Gasteiger partial charge in [0.1, 0.15) is 6.10 Å². The molecule has 2 nitrogen and oxygen atoms in total. The molecule has 0 saturated heterocycles. The summed E-state index contributed by atoms with van der Waals surface area (Å²) in [5.74, 6) is 0. The second kappa shape index (κ2) is 3.14. The summed E-state index contributed by atoms with van der Waals surface area (Å²) < 4.78 is 0. The number of rotatable bonds is 0. The molecule has 14 heavy (non-hydrogen) atoms. The molecule has 3 rings (SSSR count). The van der Waals surface area contributed by atoms with E-state index in [9.17, 15) is 0 Å². The number of aryl methyl sites for hydroxylation is 1. The van der Waals surface area contributed by atoms with E-state index in [-0.39, 0.29) is 6.10 Å². The van der Waals surface area contributed by atoms with Gasteiger partial charge in [0.2, 0.25) is 0 Å². The maximum atomic E-state index is 5.52. The molecule has 0 fully saturated rings. The highest BCUT2D eigenvalue weighted by Gasteiger charge is 2.26. The molecule has 2 aliphatic rings. The van der Waals surface area contributed by atoms with Crippen LogP contribution < -0.4 is 5.48 Å². The predicted molar refractivity (Wildman–Crippen MR) is 54.4 cm³/mol. The lowest BCUT2D eigenvalue weighted by Crippen LogP contribution is -2.06. The third-order valence-electron chi connectivity index (χ3n) is 3.02. The summed E-state index contributed by atoms with van der Waals surface area (Å²) in [4.78, 5) is 5.52. The van der Waals surface area contributed by atoms with Crippen LogP contribution >= 0.6 is 0 Å². The summed E-state index contributed by atoms with van der Waals surface area (Å²) >= 11 is 0. The molecule has 0 aromatic heterocycles. The van der Waals surface area contributed by atoms with Crippen LogP contribution in [-0.4, -0.2) is 0 Å². The lowest BCUT2D eigenvalue weighted by molar-refractivity contribution is 0.0419. The molecule has 1 heterocycles. The van der Waals surface area contributed by atoms with Gasteiger partial charge < -0.3 is 0 Å². The smallest absolute Gasteiger partial charge is 0.133 e. The summed E-state index contributed by atoms with van der Waals surface area (Å²) in [6, 6.07) is 8.57. The van der Waals surface area contributed by atoms with Gasteiger partial charge in [-0.25, -0.2) is 0 Å². The number of benzene rings is 1. The van der Waals surface area contributed by atoms with Crippen LogP contribution in [0.3, 0.4) is 0 Å². The van der Waals surface area contributed by atoms with Crippen LogP contribution in [0.5, 0.6) is 0 Å². The van der Waals surface area contributed by atoms with Gasteiger partial charge in [-0.05, 0) is 36.0 Å². The fraction of sp³-hybridized carbons (Fsp3) is 0.333. The quantitative estimate of drug-likeness (QED) is 0.673. The van der Waals surface area contributed by atoms with Crippen LogP contribution in [-0.2, 0) is 11.3 Å². The molecule has 1 aromatic rings. The molecule has 1 unspecified atom stereocenters. The monoisotopic (exact) mass is 187 g/mol. The van der Waals surface area contributed by atoms with Crippen molar-refractivity contribution >= 4 is 0 Å². The van der Waals surface area contributed by atoms with Crippen molar-refractivity contribution in [3.05, 3.63) is 47.2 Å². The van der Waals surface area contributed by atoms with Gasteiger partial charge in [0.25, 0.3) is 0 Å². The zero-order valence-electron chi connectivity index (χ0n) is 7.99. The van der Waals surface area contributed by atoms with Crippen LogP contribution in [0.25, 0.3) is 0 Å². The van der Waals surface area contributed by atoms with Crippen molar-refractivity contribution in [1.29, 1.82) is 0 Å². The fourth-order valence-electron chi connectivity index (χ4n) is 2.30. The Morgan fingerprint density at radius 3 is 3.14 bits per heavy atom. The second-order valence-corrected chi connectivity index (χ2v) is 3.89. The first kappa shape index (κ1) is 8.06. The molecule has 0 amide bonds. The van der Waals surface area contributed by atoms with Gasteiger partial charge in [-0.3, -0.25) is 10.3 Å². The van der Waals surface area contributed by atoms with Crippen LogP contribution in [0.1, 0.15) is 30.1 Å². The van der Waals surface area contributed by atoms with Gasteiger partial charge in [-0.2, -0.15) is 0 Å². The molecule has 1 N–H and O–H groups in total. The molecular weight excluding hydrogens is 174 g/mol. The van der Waals surface area contributed by atoms with E-state index in [1.165, 1.54) is 29.5 Å². The van der Waals surface area contributed by atoms with Crippen molar-refractivity contribution < 1.29 is 4.84 Å². The summed E-state index contributed by atoms with van der Waals surface area (Å²) in [6.45, 7) is 0. The highest BCUT2D eigenvalue weighted by molar-refractivity contribution is 5.36. The zero-order chi connectivity index (χ0) is 9.38. The van der Waals surface area contributed by atoms with Gasteiger partial charge in [-0.1, -0.05) is 24.3 Å². The van der Waals surface area contributed by atoms with Crippen molar-refractivity contribution in [2.45, 2.75) is 25.4 Å². The Balaban J connectivity index is 2.10. The molecule has 0 bridgehead atoms. The highest BCUT2D eigenvalue weighted by Crippen LogP contribution is 2.36. The highest BCUT2D eigenvalue weighted by atomic mass is 16.7. The van der Waals surface area contributed by atoms with E-state index in [0.717, 1.165) is 6.42 Å². The standard InChI is InChI=1S/C12H13NO/c1-2-7-11-9(4-1)5-3-6-10-8-13-14-12(10)11/h1-2,4,7-8,12-13H,3,5-6H2. The Labute approximate surface area is 83.5 Å². The van der Waals surface area contributed by atoms with Crippen LogP contribution in [0, 0.1) is 0 Å². The first-order valence-corrected chi connectivity index (χ1v) is 5.13. The normalized spacial score (nSPS) is 24.3. The molecule has 0 spiro atoms. The van der Waals surface area contributed by atoms with Crippen molar-refractivity contribution in [2.75, 3.05) is 0 Å². The SMILES string of the molecule is C1=C2CCCc3ccccc3C2ON1. The van der Waals surface area contributed by atoms with Crippen LogP contribution in [0.4, 0.5) is 0 Å². The van der Waals surface area contributed by atoms with Gasteiger partial charge in [0.15, 0.2) is 0 Å². The minimum atomic E-state index is 0.161. The molecule has 0 saturated carbocycles. The summed E-state index contributed by atoms with van der Waals surface area (Å²) in [5, 5.41) is 0. The van der Waals surface area contributed by atoms with E-state index in [1.54, 1.807) is 0 Å². The molecule has 1 aromatic carbocycles. The molecule has 72 valence electrons. The Morgan fingerprint density at radius 2 is 2.14 bits per heavy atom. The third kappa shape index (κ3) is 1.15. The van der Waals surface area contributed by atoms with Gasteiger partial charge in [0, 0.05) is 6.20 Å². The number of hydroxylamine groups is 1. The van der Waals surface area contributed by atoms with Crippen molar-refractivity contribution in [3.8, 4) is 0 Å². The first-order valence-electron chi connectivity index (χ1n) is 5.13. The largest absolute Gasteiger partial charge is 0.273 e. The van der Waals surface area contributed by atoms with Crippen molar-refractivity contribution in [3.63, 3.8) is 0 Å². The molecule has 1 aliphatic carbocycles. The summed E-state index contributed by atoms with van der Waals surface area (Å²) in [7, 11) is 0. The Bertz CT molecular complexity index is 384. The second-order valence-electron chi connectivity index (χ2n) is 3.89. The molecule has 1 aliphatic heterocycles. The average molecular weight is 187 g/mol. The van der Waals surface area contributed by atoms with Gasteiger partial charge >= 0.3 is 0 Å². The minimum Gasteiger partial charge on any atom is -0.273 e. The van der Waals surface area contributed by atoms with Crippen molar-refractivity contribution in [1.82, 2.24) is 5.48 Å². The Kier molecular flexibility index (Phi) is 1.81. The topological polar surface area (TPSA) is 21.3 Å². The van der Waals surface area contributed by atoms with Crippen molar-refractivity contribution in [2.24, 2.45) is 0 Å². The number of hydrogen-bond acceptors (Lipinski definition) is 2. The predicted octanol–water partition coefficient (Wildman–Crippen LogP) is 2.48. The van der Waals surface area contributed by atoms with Crippen LogP contribution in [0.15, 0.2) is 36.0 Å². The number of fused-ring (bicyclic) bond motifs is 3. The maximum Gasteiger partial charge on any atom is 0.133 e. The lowest BCUT2D eigenvalue weighted by atomic mass is 9.99. The lowest BCUT2D eigenvalue weighted by Gasteiger charge is -2.13. The van der Waals surface area contributed by atoms with E-state index in [2.05, 4.69) is 29.7 Å².